The van der Waals surface area contributed by atoms with Gasteiger partial charge in [-0.3, -0.25) is 0 Å². The van der Waals surface area contributed by atoms with Crippen molar-refractivity contribution < 1.29 is 19.0 Å². The molecule has 1 amide bonds. The predicted molar refractivity (Wildman–Crippen MR) is 137 cm³/mol. The first-order valence-corrected chi connectivity index (χ1v) is 12.7. The summed E-state index contributed by atoms with van der Waals surface area (Å²) in [6, 6.07) is 16.7. The minimum absolute atomic E-state index is 0.216. The predicted octanol–water partition coefficient (Wildman–Crippen LogP) is 6.68. The van der Waals surface area contributed by atoms with Crippen LogP contribution in [0.1, 0.15) is 64.0 Å². The number of piperidine rings is 1. The Morgan fingerprint density at radius 2 is 1.74 bits per heavy atom. The fourth-order valence-corrected chi connectivity index (χ4v) is 4.37. The van der Waals surface area contributed by atoms with Gasteiger partial charge in [-0.05, 0) is 88.6 Å². The highest BCUT2D eigenvalue weighted by atomic mass is 16.6. The number of benzene rings is 2. The first-order chi connectivity index (χ1) is 16.3. The second-order valence-electron chi connectivity index (χ2n) is 10.3. The van der Waals surface area contributed by atoms with Gasteiger partial charge in [-0.15, -0.1) is 0 Å². The van der Waals surface area contributed by atoms with Gasteiger partial charge in [-0.25, -0.2) is 4.79 Å². The zero-order valence-electron chi connectivity index (χ0n) is 21.3. The molecular formula is C29H41NO4. The second kappa shape index (κ2) is 12.7. The Labute approximate surface area is 205 Å². The number of methoxy groups -OCH3 is 1. The van der Waals surface area contributed by atoms with Gasteiger partial charge in [0, 0.05) is 19.0 Å². The van der Waals surface area contributed by atoms with Crippen LogP contribution >= 0.6 is 0 Å². The third-order valence-corrected chi connectivity index (χ3v) is 6.19. The maximum atomic E-state index is 12.4. The van der Waals surface area contributed by atoms with Crippen LogP contribution in [0.15, 0.2) is 48.5 Å². The maximum absolute atomic E-state index is 12.4. The lowest BCUT2D eigenvalue weighted by Crippen LogP contribution is -2.44. The number of ether oxygens (including phenoxy) is 3. The summed E-state index contributed by atoms with van der Waals surface area (Å²) in [6.45, 7) is 7.82. The number of rotatable bonds is 10. The van der Waals surface area contributed by atoms with Crippen LogP contribution in [0.4, 0.5) is 4.79 Å². The van der Waals surface area contributed by atoms with Gasteiger partial charge in [0.2, 0.25) is 0 Å². The lowest BCUT2D eigenvalue weighted by molar-refractivity contribution is 0.0139. The van der Waals surface area contributed by atoms with Crippen LogP contribution in [-0.4, -0.2) is 43.4 Å². The van der Waals surface area contributed by atoms with E-state index in [0.717, 1.165) is 50.1 Å². The average Bonchev–Trinajstić information content (AvgIpc) is 2.82. The molecule has 5 heteroatoms. The van der Waals surface area contributed by atoms with Crippen molar-refractivity contribution in [1.82, 2.24) is 4.90 Å². The minimum Gasteiger partial charge on any atom is -0.497 e. The molecule has 186 valence electrons. The van der Waals surface area contributed by atoms with Gasteiger partial charge in [0.05, 0.1) is 13.7 Å². The van der Waals surface area contributed by atoms with E-state index in [9.17, 15) is 4.79 Å². The molecule has 0 saturated carbocycles. The summed E-state index contributed by atoms with van der Waals surface area (Å²) in [7, 11) is 1.70. The molecule has 1 aliphatic rings. The molecule has 0 aliphatic carbocycles. The number of hydrogen-bond acceptors (Lipinski definition) is 4. The zero-order chi connectivity index (χ0) is 24.4. The van der Waals surface area contributed by atoms with Gasteiger partial charge in [0.15, 0.2) is 0 Å². The van der Waals surface area contributed by atoms with Crippen molar-refractivity contribution in [3.63, 3.8) is 0 Å². The van der Waals surface area contributed by atoms with Gasteiger partial charge >= 0.3 is 6.09 Å². The van der Waals surface area contributed by atoms with Crippen LogP contribution in [-0.2, 0) is 17.6 Å². The number of para-hydroxylation sites is 1. The molecule has 1 aliphatic heterocycles. The monoisotopic (exact) mass is 467 g/mol. The largest absolute Gasteiger partial charge is 0.497 e. The van der Waals surface area contributed by atoms with Crippen LogP contribution < -0.4 is 9.47 Å². The van der Waals surface area contributed by atoms with Crippen LogP contribution in [0.25, 0.3) is 0 Å². The highest BCUT2D eigenvalue weighted by Crippen LogP contribution is 2.24. The van der Waals surface area contributed by atoms with E-state index in [4.69, 9.17) is 14.2 Å². The van der Waals surface area contributed by atoms with Gasteiger partial charge in [-0.2, -0.15) is 0 Å². The van der Waals surface area contributed by atoms with Gasteiger partial charge < -0.3 is 19.1 Å². The molecule has 0 spiro atoms. The van der Waals surface area contributed by atoms with Crippen LogP contribution in [0.5, 0.6) is 11.5 Å². The number of nitrogens with zero attached hydrogens (tertiary/aromatic N) is 1. The lowest BCUT2D eigenvalue weighted by Gasteiger charge is -2.34. The van der Waals surface area contributed by atoms with E-state index >= 15 is 0 Å². The normalized spacial score (nSPS) is 16.2. The SMILES string of the molecule is COc1ccc(CCCCCc2ccccc2OCC2CCCN(C(=O)OC(C)(C)C)C2)cc1. The first-order valence-electron chi connectivity index (χ1n) is 12.7. The summed E-state index contributed by atoms with van der Waals surface area (Å²) in [5, 5.41) is 0. The molecule has 1 heterocycles. The molecule has 0 radical (unpaired) electrons. The Morgan fingerprint density at radius 1 is 1.00 bits per heavy atom. The number of unbranched alkanes of at least 4 members (excludes halogenated alkanes) is 2. The molecule has 0 bridgehead atoms. The zero-order valence-corrected chi connectivity index (χ0v) is 21.3. The van der Waals surface area contributed by atoms with E-state index in [-0.39, 0.29) is 6.09 Å². The quantitative estimate of drug-likeness (QED) is 0.366. The highest BCUT2D eigenvalue weighted by Gasteiger charge is 2.28. The van der Waals surface area contributed by atoms with Crippen LogP contribution in [0.2, 0.25) is 0 Å². The molecular weight excluding hydrogens is 426 g/mol. The molecule has 5 nitrogen and oxygen atoms in total. The van der Waals surface area contributed by atoms with E-state index in [0.29, 0.717) is 19.1 Å². The Bertz CT molecular complexity index is 888. The fraction of sp³-hybridized carbons (Fsp3) is 0.552. The molecule has 2 aromatic carbocycles. The Kier molecular flexibility index (Phi) is 9.67. The van der Waals surface area contributed by atoms with Crippen molar-refractivity contribution in [3.05, 3.63) is 59.7 Å². The number of carbonyl (C=O) groups excluding carboxylic acids is 1. The standard InChI is InChI=1S/C29H41NO4/c1-29(2,3)34-28(31)30-20-10-12-24(21-30)22-33-27-15-9-8-14-25(27)13-7-5-6-11-23-16-18-26(32-4)19-17-23/h8-9,14-19,24H,5-7,10-13,20-22H2,1-4H3. The molecule has 0 N–H and O–H groups in total. The number of likely N-dealkylation sites (tertiary alicyclic amines) is 1. The van der Waals surface area contributed by atoms with Crippen molar-refractivity contribution in [2.75, 3.05) is 26.8 Å². The molecule has 1 saturated heterocycles. The first kappa shape index (κ1) is 25.9. The summed E-state index contributed by atoms with van der Waals surface area (Å²) in [4.78, 5) is 14.3. The Hall–Kier alpha value is -2.69. The molecule has 1 unspecified atom stereocenters. The van der Waals surface area contributed by atoms with Crippen LogP contribution in [0, 0.1) is 5.92 Å². The number of amides is 1. The summed E-state index contributed by atoms with van der Waals surface area (Å²) in [5.41, 5.74) is 2.16. The maximum Gasteiger partial charge on any atom is 0.410 e. The van der Waals surface area contributed by atoms with Gasteiger partial charge in [0.25, 0.3) is 0 Å². The highest BCUT2D eigenvalue weighted by molar-refractivity contribution is 5.68. The smallest absolute Gasteiger partial charge is 0.410 e. The fourth-order valence-electron chi connectivity index (χ4n) is 4.37. The molecule has 1 fully saturated rings. The third kappa shape index (κ3) is 8.58. The van der Waals surface area contributed by atoms with Crippen molar-refractivity contribution in [3.8, 4) is 11.5 Å². The molecule has 1 atom stereocenters. The van der Waals surface area contributed by atoms with E-state index in [1.54, 1.807) is 7.11 Å². The van der Waals surface area contributed by atoms with Crippen molar-refractivity contribution >= 4 is 6.09 Å². The topological polar surface area (TPSA) is 48.0 Å². The Balaban J connectivity index is 1.41. The number of carbonyl (C=O) groups is 1. The van der Waals surface area contributed by atoms with E-state index < -0.39 is 5.60 Å². The van der Waals surface area contributed by atoms with Gasteiger partial charge in [0.1, 0.15) is 17.1 Å². The molecule has 3 rings (SSSR count). The number of aryl methyl sites for hydroxylation is 2. The minimum atomic E-state index is -0.464. The van der Waals surface area contributed by atoms with Crippen molar-refractivity contribution in [2.24, 2.45) is 5.92 Å². The Morgan fingerprint density at radius 3 is 2.47 bits per heavy atom. The lowest BCUT2D eigenvalue weighted by atomic mass is 9.99. The van der Waals surface area contributed by atoms with Crippen molar-refractivity contribution in [1.29, 1.82) is 0 Å². The van der Waals surface area contributed by atoms with Crippen LogP contribution in [0.3, 0.4) is 0 Å². The van der Waals surface area contributed by atoms with E-state index in [2.05, 4.69) is 30.3 Å². The average molecular weight is 468 g/mol. The summed E-state index contributed by atoms with van der Waals surface area (Å²) in [6.07, 6.45) is 7.48. The molecule has 2 aromatic rings. The van der Waals surface area contributed by atoms with Crippen molar-refractivity contribution in [2.45, 2.75) is 71.3 Å². The second-order valence-corrected chi connectivity index (χ2v) is 10.3. The van der Waals surface area contributed by atoms with E-state index in [1.165, 1.54) is 24.0 Å². The summed E-state index contributed by atoms with van der Waals surface area (Å²) >= 11 is 0. The number of hydrogen-bond donors (Lipinski definition) is 0. The third-order valence-electron chi connectivity index (χ3n) is 6.19. The molecule has 34 heavy (non-hydrogen) atoms. The summed E-state index contributed by atoms with van der Waals surface area (Å²) in [5.74, 6) is 2.22. The summed E-state index contributed by atoms with van der Waals surface area (Å²) < 4.78 is 17.0. The van der Waals surface area contributed by atoms with Gasteiger partial charge in [-0.1, -0.05) is 36.8 Å². The van der Waals surface area contributed by atoms with E-state index in [1.807, 2.05) is 43.9 Å². The molecule has 0 aromatic heterocycles.